The van der Waals surface area contributed by atoms with Crippen molar-refractivity contribution in [3.05, 3.63) is 48.4 Å². The van der Waals surface area contributed by atoms with Crippen LogP contribution < -0.4 is 0 Å². The van der Waals surface area contributed by atoms with Crippen LogP contribution in [0.25, 0.3) is 22.2 Å². The highest BCUT2D eigenvalue weighted by molar-refractivity contribution is 5.83. The van der Waals surface area contributed by atoms with Crippen LogP contribution in [0, 0.1) is 6.92 Å². The molecule has 2 heteroatoms. The molecule has 2 aromatic heterocycles. The second-order valence-corrected chi connectivity index (χ2v) is 3.69. The van der Waals surface area contributed by atoms with Gasteiger partial charge in [0.2, 0.25) is 0 Å². The number of aromatic amines is 1. The van der Waals surface area contributed by atoms with Gasteiger partial charge in [-0.15, -0.1) is 0 Å². The number of aromatic nitrogens is 1. The van der Waals surface area contributed by atoms with Gasteiger partial charge in [-0.3, -0.25) is 0 Å². The second kappa shape index (κ2) is 3.02. The molecule has 0 atom stereocenters. The van der Waals surface area contributed by atoms with Crippen molar-refractivity contribution in [1.29, 1.82) is 0 Å². The predicted octanol–water partition coefficient (Wildman–Crippen LogP) is 3.74. The van der Waals surface area contributed by atoms with Gasteiger partial charge in [0, 0.05) is 17.3 Å². The van der Waals surface area contributed by atoms with Crippen molar-refractivity contribution in [2.75, 3.05) is 0 Å². The zero-order valence-corrected chi connectivity index (χ0v) is 8.45. The molecule has 15 heavy (non-hydrogen) atoms. The van der Waals surface area contributed by atoms with E-state index < -0.39 is 0 Å². The SMILES string of the molecule is Cc1ccc(-c2ccc3cc[nH]c3c2)o1. The van der Waals surface area contributed by atoms with E-state index in [1.807, 2.05) is 25.3 Å². The largest absolute Gasteiger partial charge is 0.461 e. The summed E-state index contributed by atoms with van der Waals surface area (Å²) in [7, 11) is 0. The van der Waals surface area contributed by atoms with Gasteiger partial charge in [-0.05, 0) is 36.6 Å². The number of hydrogen-bond acceptors (Lipinski definition) is 1. The zero-order chi connectivity index (χ0) is 10.3. The standard InChI is InChI=1S/C13H11NO/c1-9-2-5-13(15-9)11-4-3-10-6-7-14-12(10)8-11/h2-8,14H,1H3. The lowest BCUT2D eigenvalue weighted by Crippen LogP contribution is -1.74. The highest BCUT2D eigenvalue weighted by Crippen LogP contribution is 2.25. The molecule has 2 heterocycles. The van der Waals surface area contributed by atoms with Gasteiger partial charge in [-0.1, -0.05) is 12.1 Å². The fraction of sp³-hybridized carbons (Fsp3) is 0.0769. The molecular formula is C13H11NO. The summed E-state index contributed by atoms with van der Waals surface area (Å²) in [5, 5.41) is 1.22. The van der Waals surface area contributed by atoms with E-state index in [4.69, 9.17) is 4.42 Å². The van der Waals surface area contributed by atoms with Gasteiger partial charge in [0.25, 0.3) is 0 Å². The lowest BCUT2D eigenvalue weighted by Gasteiger charge is -1.97. The summed E-state index contributed by atoms with van der Waals surface area (Å²) in [6, 6.07) is 12.3. The fourth-order valence-electron chi connectivity index (χ4n) is 1.79. The van der Waals surface area contributed by atoms with Gasteiger partial charge in [0.15, 0.2) is 0 Å². The minimum Gasteiger partial charge on any atom is -0.461 e. The van der Waals surface area contributed by atoms with Gasteiger partial charge >= 0.3 is 0 Å². The van der Waals surface area contributed by atoms with Gasteiger partial charge in [-0.2, -0.15) is 0 Å². The third-order valence-corrected chi connectivity index (χ3v) is 2.58. The highest BCUT2D eigenvalue weighted by atomic mass is 16.3. The molecule has 0 bridgehead atoms. The van der Waals surface area contributed by atoms with Crippen LogP contribution in [0.3, 0.4) is 0 Å². The molecule has 1 N–H and O–H groups in total. The molecule has 0 unspecified atom stereocenters. The van der Waals surface area contributed by atoms with E-state index in [2.05, 4.69) is 29.2 Å². The smallest absolute Gasteiger partial charge is 0.134 e. The normalized spacial score (nSPS) is 11.0. The Balaban J connectivity index is 2.18. The fourth-order valence-corrected chi connectivity index (χ4v) is 1.79. The molecule has 2 nitrogen and oxygen atoms in total. The second-order valence-electron chi connectivity index (χ2n) is 3.69. The summed E-state index contributed by atoms with van der Waals surface area (Å²) < 4.78 is 5.58. The van der Waals surface area contributed by atoms with E-state index in [1.54, 1.807) is 0 Å². The van der Waals surface area contributed by atoms with Crippen molar-refractivity contribution in [2.45, 2.75) is 6.92 Å². The van der Waals surface area contributed by atoms with E-state index in [1.165, 1.54) is 5.39 Å². The summed E-state index contributed by atoms with van der Waals surface area (Å²) in [5.74, 6) is 1.86. The van der Waals surface area contributed by atoms with Crippen LogP contribution in [-0.4, -0.2) is 4.98 Å². The molecule has 0 radical (unpaired) electrons. The molecular weight excluding hydrogens is 186 g/mol. The molecule has 3 aromatic rings. The Hall–Kier alpha value is -1.96. The molecule has 0 saturated carbocycles. The monoisotopic (exact) mass is 197 g/mol. The molecule has 3 rings (SSSR count). The highest BCUT2D eigenvalue weighted by Gasteiger charge is 2.03. The zero-order valence-electron chi connectivity index (χ0n) is 8.45. The first kappa shape index (κ1) is 8.36. The summed E-state index contributed by atoms with van der Waals surface area (Å²) >= 11 is 0. The molecule has 0 amide bonds. The average molecular weight is 197 g/mol. The number of rotatable bonds is 1. The van der Waals surface area contributed by atoms with Crippen molar-refractivity contribution >= 4 is 10.9 Å². The Morgan fingerprint density at radius 3 is 2.80 bits per heavy atom. The Kier molecular flexibility index (Phi) is 1.68. The molecule has 0 fully saturated rings. The maximum Gasteiger partial charge on any atom is 0.134 e. The lowest BCUT2D eigenvalue weighted by molar-refractivity contribution is 0.548. The summed E-state index contributed by atoms with van der Waals surface area (Å²) in [4.78, 5) is 3.19. The van der Waals surface area contributed by atoms with Crippen LogP contribution in [0.5, 0.6) is 0 Å². The first-order chi connectivity index (χ1) is 7.33. The van der Waals surface area contributed by atoms with E-state index in [-0.39, 0.29) is 0 Å². The lowest BCUT2D eigenvalue weighted by atomic mass is 10.1. The van der Waals surface area contributed by atoms with Gasteiger partial charge in [-0.25, -0.2) is 0 Å². The van der Waals surface area contributed by atoms with E-state index >= 15 is 0 Å². The first-order valence-electron chi connectivity index (χ1n) is 4.97. The summed E-state index contributed by atoms with van der Waals surface area (Å²) in [6.07, 6.45) is 1.95. The number of aryl methyl sites for hydroxylation is 1. The topological polar surface area (TPSA) is 28.9 Å². The van der Waals surface area contributed by atoms with Crippen molar-refractivity contribution < 1.29 is 4.42 Å². The van der Waals surface area contributed by atoms with E-state index in [0.29, 0.717) is 0 Å². The Morgan fingerprint density at radius 1 is 1.07 bits per heavy atom. The maximum absolute atomic E-state index is 5.58. The number of H-pyrrole nitrogens is 1. The molecule has 1 aromatic carbocycles. The minimum atomic E-state index is 0.920. The third kappa shape index (κ3) is 1.34. The van der Waals surface area contributed by atoms with Gasteiger partial charge in [0.05, 0.1) is 0 Å². The average Bonchev–Trinajstić information content (AvgIpc) is 2.84. The third-order valence-electron chi connectivity index (χ3n) is 2.58. The molecule has 74 valence electrons. The van der Waals surface area contributed by atoms with Crippen LogP contribution in [0.4, 0.5) is 0 Å². The van der Waals surface area contributed by atoms with Crippen molar-refractivity contribution in [1.82, 2.24) is 4.98 Å². The molecule has 0 spiro atoms. The molecule has 0 saturated heterocycles. The predicted molar refractivity (Wildman–Crippen MR) is 60.7 cm³/mol. The number of furan rings is 1. The number of hydrogen-bond donors (Lipinski definition) is 1. The Bertz CT molecular complexity index is 604. The van der Waals surface area contributed by atoms with Gasteiger partial charge in [0.1, 0.15) is 11.5 Å². The molecule has 0 aliphatic heterocycles. The van der Waals surface area contributed by atoms with E-state index in [9.17, 15) is 0 Å². The van der Waals surface area contributed by atoms with Crippen molar-refractivity contribution in [3.63, 3.8) is 0 Å². The summed E-state index contributed by atoms with van der Waals surface area (Å²) in [5.41, 5.74) is 2.25. The quantitative estimate of drug-likeness (QED) is 0.632. The van der Waals surface area contributed by atoms with Gasteiger partial charge < -0.3 is 9.40 Å². The summed E-state index contributed by atoms with van der Waals surface area (Å²) in [6.45, 7) is 1.96. The van der Waals surface area contributed by atoms with Crippen LogP contribution in [-0.2, 0) is 0 Å². The molecule has 0 aliphatic rings. The van der Waals surface area contributed by atoms with Crippen molar-refractivity contribution in [3.8, 4) is 11.3 Å². The van der Waals surface area contributed by atoms with Crippen LogP contribution in [0.15, 0.2) is 47.0 Å². The maximum atomic E-state index is 5.58. The first-order valence-corrected chi connectivity index (χ1v) is 4.97. The number of fused-ring (bicyclic) bond motifs is 1. The number of benzene rings is 1. The Morgan fingerprint density at radius 2 is 2.00 bits per heavy atom. The molecule has 0 aliphatic carbocycles. The minimum absolute atomic E-state index is 0.920. The van der Waals surface area contributed by atoms with Crippen LogP contribution in [0.2, 0.25) is 0 Å². The van der Waals surface area contributed by atoms with Crippen molar-refractivity contribution in [2.24, 2.45) is 0 Å². The van der Waals surface area contributed by atoms with Crippen LogP contribution >= 0.6 is 0 Å². The van der Waals surface area contributed by atoms with Crippen LogP contribution in [0.1, 0.15) is 5.76 Å². The number of nitrogens with one attached hydrogen (secondary N) is 1. The Labute approximate surface area is 87.5 Å². The van der Waals surface area contributed by atoms with E-state index in [0.717, 1.165) is 22.6 Å².